The molecule has 1 unspecified atom stereocenters. The van der Waals surface area contributed by atoms with E-state index in [1.54, 1.807) is 6.92 Å². The van der Waals surface area contributed by atoms with Crippen LogP contribution in [0.15, 0.2) is 12.1 Å². The molecule has 0 bridgehead atoms. The lowest BCUT2D eigenvalue weighted by Gasteiger charge is -2.23. The van der Waals surface area contributed by atoms with E-state index in [1.807, 2.05) is 0 Å². The van der Waals surface area contributed by atoms with Crippen molar-refractivity contribution in [2.24, 2.45) is 0 Å². The van der Waals surface area contributed by atoms with Crippen LogP contribution in [0, 0.1) is 13.8 Å². The highest BCUT2D eigenvalue weighted by molar-refractivity contribution is 6.31. The monoisotopic (exact) mass is 288 g/mol. The average molecular weight is 289 g/mol. The second-order valence-electron chi connectivity index (χ2n) is 3.80. The van der Waals surface area contributed by atoms with Gasteiger partial charge in [0.15, 0.2) is 0 Å². The van der Waals surface area contributed by atoms with Gasteiger partial charge in [-0.2, -0.15) is 8.78 Å². The van der Waals surface area contributed by atoms with Crippen LogP contribution in [0.4, 0.5) is 17.6 Å². The molecule has 96 valence electrons. The molecule has 17 heavy (non-hydrogen) atoms. The molecule has 6 heteroatoms. The summed E-state index contributed by atoms with van der Waals surface area (Å²) in [5.74, 6) is -4.27. The van der Waals surface area contributed by atoms with Crippen LogP contribution in [0.25, 0.3) is 0 Å². The van der Waals surface area contributed by atoms with Crippen LogP contribution in [-0.4, -0.2) is 12.3 Å². The number of hydrogen-bond donors (Lipinski definition) is 0. The molecule has 0 saturated carbocycles. The van der Waals surface area contributed by atoms with E-state index < -0.39 is 17.7 Å². The van der Waals surface area contributed by atoms with E-state index in [4.69, 9.17) is 23.2 Å². The number of benzene rings is 1. The quantitative estimate of drug-likeness (QED) is 0.534. The molecule has 0 aliphatic carbocycles. The van der Waals surface area contributed by atoms with E-state index in [9.17, 15) is 17.6 Å². The first-order chi connectivity index (χ1) is 7.67. The molecule has 0 amide bonds. The lowest BCUT2D eigenvalue weighted by Crippen LogP contribution is -2.32. The molecular formula is C11H10Cl2F4. The predicted molar refractivity (Wildman–Crippen MR) is 60.5 cm³/mol. The highest BCUT2D eigenvalue weighted by atomic mass is 35.5. The first kappa shape index (κ1) is 14.6. The van der Waals surface area contributed by atoms with Gasteiger partial charge >= 0.3 is 12.3 Å². The minimum atomic E-state index is -4.27. The molecule has 0 fully saturated rings. The number of alkyl halides is 5. The summed E-state index contributed by atoms with van der Waals surface area (Å²) in [4.78, 5) is 0. The molecule has 1 aromatic rings. The van der Waals surface area contributed by atoms with Crippen LogP contribution < -0.4 is 0 Å². The lowest BCUT2D eigenvalue weighted by atomic mass is 9.99. The summed E-state index contributed by atoms with van der Waals surface area (Å²) in [6.07, 6.45) is -3.81. The van der Waals surface area contributed by atoms with Crippen LogP contribution in [0.5, 0.6) is 0 Å². The van der Waals surface area contributed by atoms with Gasteiger partial charge in [-0.3, -0.25) is 0 Å². The molecule has 0 nitrogen and oxygen atoms in total. The number of aryl methyl sites for hydroxylation is 2. The normalized spacial score (nSPS) is 14.2. The van der Waals surface area contributed by atoms with Gasteiger partial charge in [0.25, 0.3) is 0 Å². The van der Waals surface area contributed by atoms with Crippen molar-refractivity contribution in [1.82, 2.24) is 0 Å². The van der Waals surface area contributed by atoms with Gasteiger partial charge in [-0.1, -0.05) is 17.7 Å². The average Bonchev–Trinajstić information content (AvgIpc) is 2.22. The summed E-state index contributed by atoms with van der Waals surface area (Å²) in [5, 5.41) is -1.69. The molecule has 1 rings (SSSR count). The largest absolute Gasteiger partial charge is 0.327 e. The van der Waals surface area contributed by atoms with Crippen LogP contribution in [0.1, 0.15) is 22.1 Å². The van der Waals surface area contributed by atoms with Gasteiger partial charge in [-0.25, -0.2) is 8.78 Å². The Bertz CT molecular complexity index is 418. The number of rotatable bonds is 3. The maximum atomic E-state index is 13.1. The van der Waals surface area contributed by atoms with E-state index in [-0.39, 0.29) is 5.56 Å². The second-order valence-corrected chi connectivity index (χ2v) is 4.64. The molecule has 0 radical (unpaired) electrons. The van der Waals surface area contributed by atoms with Crippen molar-refractivity contribution < 1.29 is 17.6 Å². The maximum Gasteiger partial charge on any atom is 0.327 e. The molecule has 0 aliphatic rings. The van der Waals surface area contributed by atoms with E-state index in [0.717, 1.165) is 0 Å². The molecule has 0 aromatic heterocycles. The van der Waals surface area contributed by atoms with E-state index in [2.05, 4.69) is 0 Å². The van der Waals surface area contributed by atoms with Gasteiger partial charge < -0.3 is 0 Å². The Morgan fingerprint density at radius 2 is 1.65 bits per heavy atom. The van der Waals surface area contributed by atoms with E-state index in [0.29, 0.717) is 16.1 Å². The standard InChI is InChI=1S/C11H10Cl2F4/c1-5-4-8(12)6(2)3-7(5)9(13)11(16,17)10(14)15/h3-4,9-10H,1-2H3. The summed E-state index contributed by atoms with van der Waals surface area (Å²) in [6.45, 7) is 3.09. The van der Waals surface area contributed by atoms with Gasteiger partial charge in [-0.15, -0.1) is 11.6 Å². The molecule has 1 aromatic carbocycles. The molecule has 0 N–H and O–H groups in total. The zero-order valence-corrected chi connectivity index (χ0v) is 10.6. The molecule has 0 spiro atoms. The fourth-order valence-electron chi connectivity index (χ4n) is 1.39. The smallest absolute Gasteiger partial charge is 0.204 e. The summed E-state index contributed by atoms with van der Waals surface area (Å²) < 4.78 is 50.6. The van der Waals surface area contributed by atoms with Crippen molar-refractivity contribution >= 4 is 23.2 Å². The third-order valence-corrected chi connectivity index (χ3v) is 3.38. The van der Waals surface area contributed by atoms with Crippen molar-refractivity contribution in [3.05, 3.63) is 33.8 Å². The van der Waals surface area contributed by atoms with Crippen LogP contribution in [0.3, 0.4) is 0 Å². The summed E-state index contributed by atoms with van der Waals surface area (Å²) in [7, 11) is 0. The van der Waals surface area contributed by atoms with Crippen molar-refractivity contribution in [1.29, 1.82) is 0 Å². The Labute approximate surface area is 107 Å². The zero-order valence-electron chi connectivity index (χ0n) is 9.08. The first-order valence-corrected chi connectivity index (χ1v) is 5.56. The number of hydrogen-bond acceptors (Lipinski definition) is 0. The molecule has 1 atom stereocenters. The second kappa shape index (κ2) is 5.02. The van der Waals surface area contributed by atoms with E-state index >= 15 is 0 Å². The summed E-state index contributed by atoms with van der Waals surface area (Å²) in [5.41, 5.74) is 0.850. The Balaban J connectivity index is 3.21. The van der Waals surface area contributed by atoms with Crippen LogP contribution in [0.2, 0.25) is 5.02 Å². The summed E-state index contributed by atoms with van der Waals surface area (Å²) in [6, 6.07) is 2.74. The minimum absolute atomic E-state index is 0.0288. The number of halogens is 6. The fraction of sp³-hybridized carbons (Fsp3) is 0.455. The Morgan fingerprint density at radius 3 is 2.12 bits per heavy atom. The Hall–Kier alpha value is -0.480. The van der Waals surface area contributed by atoms with Crippen molar-refractivity contribution in [3.63, 3.8) is 0 Å². The SMILES string of the molecule is Cc1cc(C(Cl)C(F)(F)C(F)F)c(C)cc1Cl. The third kappa shape index (κ3) is 2.86. The lowest BCUT2D eigenvalue weighted by molar-refractivity contribution is -0.130. The van der Waals surface area contributed by atoms with E-state index in [1.165, 1.54) is 19.1 Å². The van der Waals surface area contributed by atoms with Gasteiger partial charge in [0.2, 0.25) is 0 Å². The van der Waals surface area contributed by atoms with Crippen LogP contribution >= 0.6 is 23.2 Å². The zero-order chi connectivity index (χ0) is 13.4. The highest BCUT2D eigenvalue weighted by Crippen LogP contribution is 2.43. The molecule has 0 heterocycles. The van der Waals surface area contributed by atoms with Crippen LogP contribution in [-0.2, 0) is 0 Å². The van der Waals surface area contributed by atoms with Gasteiger partial charge in [0.1, 0.15) is 5.38 Å². The van der Waals surface area contributed by atoms with Crippen molar-refractivity contribution in [2.75, 3.05) is 0 Å². The van der Waals surface area contributed by atoms with Crippen molar-refractivity contribution in [2.45, 2.75) is 31.6 Å². The van der Waals surface area contributed by atoms with Gasteiger partial charge in [-0.05, 0) is 36.6 Å². The summed E-state index contributed by atoms with van der Waals surface area (Å²) >= 11 is 11.2. The molecule has 0 aliphatic heterocycles. The first-order valence-electron chi connectivity index (χ1n) is 4.74. The Kier molecular flexibility index (Phi) is 4.31. The highest BCUT2D eigenvalue weighted by Gasteiger charge is 2.49. The third-order valence-electron chi connectivity index (χ3n) is 2.45. The molecular weight excluding hydrogens is 279 g/mol. The maximum absolute atomic E-state index is 13.1. The fourth-order valence-corrected chi connectivity index (χ4v) is 1.94. The predicted octanol–water partition coefficient (Wildman–Crippen LogP) is 5.14. The Morgan fingerprint density at radius 1 is 1.12 bits per heavy atom. The minimum Gasteiger partial charge on any atom is -0.204 e. The van der Waals surface area contributed by atoms with Gasteiger partial charge in [0.05, 0.1) is 0 Å². The molecule has 0 saturated heterocycles. The topological polar surface area (TPSA) is 0 Å². The van der Waals surface area contributed by atoms with Crippen molar-refractivity contribution in [3.8, 4) is 0 Å². The van der Waals surface area contributed by atoms with Gasteiger partial charge in [0, 0.05) is 5.02 Å².